The van der Waals surface area contributed by atoms with Crippen LogP contribution in [0.5, 0.6) is 0 Å². The van der Waals surface area contributed by atoms with E-state index in [-0.39, 0.29) is 17.4 Å². The van der Waals surface area contributed by atoms with Gasteiger partial charge in [-0.1, -0.05) is 56.6 Å². The summed E-state index contributed by atoms with van der Waals surface area (Å²) in [5.41, 5.74) is 3.12. The number of carbonyl (C=O) groups excluding carboxylic acids is 1. The predicted molar refractivity (Wildman–Crippen MR) is 92.5 cm³/mol. The van der Waals surface area contributed by atoms with Crippen LogP contribution >= 0.6 is 11.6 Å². The van der Waals surface area contributed by atoms with Crippen LogP contribution in [0.3, 0.4) is 0 Å². The van der Waals surface area contributed by atoms with Gasteiger partial charge in [0.15, 0.2) is 0 Å². The van der Waals surface area contributed by atoms with Crippen molar-refractivity contribution < 1.29 is 4.79 Å². The second-order valence-corrected chi connectivity index (χ2v) is 7.01. The lowest BCUT2D eigenvalue weighted by Gasteiger charge is -2.20. The third kappa shape index (κ3) is 4.11. The van der Waals surface area contributed by atoms with Gasteiger partial charge in [-0.3, -0.25) is 4.79 Å². The number of hydrogen-bond donors (Lipinski definition) is 1. The second kappa shape index (κ2) is 6.53. The summed E-state index contributed by atoms with van der Waals surface area (Å²) in [6.07, 6.45) is 0. The zero-order valence-electron chi connectivity index (χ0n) is 13.5. The molecule has 1 atom stereocenters. The highest BCUT2D eigenvalue weighted by Crippen LogP contribution is 2.24. The highest BCUT2D eigenvalue weighted by Gasteiger charge is 2.15. The first-order chi connectivity index (χ1) is 10.3. The van der Waals surface area contributed by atoms with Crippen LogP contribution in [0.1, 0.15) is 55.2 Å². The Morgan fingerprint density at radius 3 is 2.05 bits per heavy atom. The molecule has 0 radical (unpaired) electrons. The molecule has 0 bridgehead atoms. The highest BCUT2D eigenvalue weighted by molar-refractivity contribution is 6.30. The fourth-order valence-electron chi connectivity index (χ4n) is 2.24. The van der Waals surface area contributed by atoms with Gasteiger partial charge in [-0.25, -0.2) is 0 Å². The van der Waals surface area contributed by atoms with Crippen LogP contribution in [0.15, 0.2) is 48.5 Å². The van der Waals surface area contributed by atoms with Gasteiger partial charge in [-0.05, 0) is 47.7 Å². The van der Waals surface area contributed by atoms with Gasteiger partial charge in [0.25, 0.3) is 5.91 Å². The highest BCUT2D eigenvalue weighted by atomic mass is 35.5. The minimum absolute atomic E-state index is 0.0443. The van der Waals surface area contributed by atoms with Gasteiger partial charge in [-0.2, -0.15) is 0 Å². The molecule has 3 heteroatoms. The molecule has 0 saturated heterocycles. The number of halogens is 1. The molecule has 0 unspecified atom stereocenters. The Bertz CT molecular complexity index is 639. The number of carbonyl (C=O) groups is 1. The number of rotatable bonds is 3. The smallest absolute Gasteiger partial charge is 0.251 e. The zero-order valence-corrected chi connectivity index (χ0v) is 14.2. The Hall–Kier alpha value is -1.80. The van der Waals surface area contributed by atoms with Gasteiger partial charge >= 0.3 is 0 Å². The Morgan fingerprint density at radius 1 is 1.00 bits per heavy atom. The van der Waals surface area contributed by atoms with Gasteiger partial charge in [0.2, 0.25) is 0 Å². The fourth-order valence-corrected chi connectivity index (χ4v) is 2.36. The number of amides is 1. The van der Waals surface area contributed by atoms with Gasteiger partial charge in [0.1, 0.15) is 0 Å². The summed E-state index contributed by atoms with van der Waals surface area (Å²) in [5, 5.41) is 3.64. The molecule has 0 aliphatic rings. The molecule has 2 aromatic carbocycles. The molecule has 0 saturated carbocycles. The molecule has 0 spiro atoms. The van der Waals surface area contributed by atoms with E-state index in [0.717, 1.165) is 5.56 Å². The van der Waals surface area contributed by atoms with Gasteiger partial charge < -0.3 is 5.32 Å². The van der Waals surface area contributed by atoms with E-state index in [1.54, 1.807) is 24.3 Å². The lowest BCUT2D eigenvalue weighted by molar-refractivity contribution is 0.0940. The second-order valence-electron chi connectivity index (χ2n) is 6.57. The van der Waals surface area contributed by atoms with Crippen molar-refractivity contribution in [3.8, 4) is 0 Å². The molecule has 0 aliphatic heterocycles. The maximum atomic E-state index is 12.2. The largest absolute Gasteiger partial charge is 0.346 e. The number of nitrogens with one attached hydrogen (secondary N) is 1. The summed E-state index contributed by atoms with van der Waals surface area (Å²) in [7, 11) is 0. The van der Waals surface area contributed by atoms with E-state index >= 15 is 0 Å². The van der Waals surface area contributed by atoms with Crippen molar-refractivity contribution in [2.24, 2.45) is 0 Å². The summed E-state index contributed by atoms with van der Waals surface area (Å²) < 4.78 is 0. The molecule has 0 aromatic heterocycles. The van der Waals surface area contributed by atoms with E-state index in [1.165, 1.54) is 5.56 Å². The van der Waals surface area contributed by atoms with Crippen molar-refractivity contribution in [1.29, 1.82) is 0 Å². The third-order valence-corrected chi connectivity index (χ3v) is 3.98. The summed E-state index contributed by atoms with van der Waals surface area (Å²) >= 11 is 5.84. The lowest BCUT2D eigenvalue weighted by atomic mass is 9.86. The molecular formula is C19H22ClNO. The normalized spacial score (nSPS) is 12.8. The molecule has 0 aliphatic carbocycles. The Morgan fingerprint density at radius 2 is 1.55 bits per heavy atom. The molecule has 0 heterocycles. The Labute approximate surface area is 137 Å². The van der Waals surface area contributed by atoms with Crippen molar-refractivity contribution >= 4 is 17.5 Å². The summed E-state index contributed by atoms with van der Waals surface area (Å²) in [5.74, 6) is -0.0935. The number of benzene rings is 2. The summed E-state index contributed by atoms with van der Waals surface area (Å²) in [4.78, 5) is 12.2. The van der Waals surface area contributed by atoms with E-state index in [4.69, 9.17) is 11.6 Å². The maximum Gasteiger partial charge on any atom is 0.251 e. The van der Waals surface area contributed by atoms with Crippen molar-refractivity contribution in [3.05, 3.63) is 70.2 Å². The minimum atomic E-state index is -0.0935. The lowest BCUT2D eigenvalue weighted by Crippen LogP contribution is -2.26. The summed E-state index contributed by atoms with van der Waals surface area (Å²) in [6, 6.07) is 15.3. The average Bonchev–Trinajstić information content (AvgIpc) is 2.47. The van der Waals surface area contributed by atoms with E-state index in [2.05, 4.69) is 50.4 Å². The first-order valence-corrected chi connectivity index (χ1v) is 7.82. The monoisotopic (exact) mass is 315 g/mol. The Balaban J connectivity index is 2.07. The molecular weight excluding hydrogens is 294 g/mol. The van der Waals surface area contributed by atoms with E-state index in [1.807, 2.05) is 6.92 Å². The van der Waals surface area contributed by atoms with E-state index in [0.29, 0.717) is 10.6 Å². The molecule has 1 N–H and O–H groups in total. The molecule has 2 nitrogen and oxygen atoms in total. The molecule has 22 heavy (non-hydrogen) atoms. The number of hydrogen-bond acceptors (Lipinski definition) is 1. The van der Waals surface area contributed by atoms with Crippen LogP contribution in [0, 0.1) is 0 Å². The van der Waals surface area contributed by atoms with Gasteiger partial charge in [0.05, 0.1) is 6.04 Å². The first kappa shape index (κ1) is 16.6. The van der Waals surface area contributed by atoms with E-state index < -0.39 is 0 Å². The summed E-state index contributed by atoms with van der Waals surface area (Å²) in [6.45, 7) is 8.55. The topological polar surface area (TPSA) is 29.1 Å². The third-order valence-electron chi connectivity index (χ3n) is 3.73. The zero-order chi connectivity index (χ0) is 16.3. The molecule has 0 fully saturated rings. The molecule has 116 valence electrons. The SMILES string of the molecule is C[C@H](NC(=O)c1ccc(Cl)cc1)c1ccc(C(C)(C)C)cc1. The molecule has 2 aromatic rings. The Kier molecular flexibility index (Phi) is 4.92. The van der Waals surface area contributed by atoms with E-state index in [9.17, 15) is 4.79 Å². The quantitative estimate of drug-likeness (QED) is 0.836. The van der Waals surface area contributed by atoms with Crippen LogP contribution in [-0.2, 0) is 5.41 Å². The van der Waals surface area contributed by atoms with Gasteiger partial charge in [-0.15, -0.1) is 0 Å². The maximum absolute atomic E-state index is 12.2. The fraction of sp³-hybridized carbons (Fsp3) is 0.316. The standard InChI is InChI=1S/C19H22ClNO/c1-13(14-5-9-16(10-6-14)19(2,3)4)21-18(22)15-7-11-17(20)12-8-15/h5-13H,1-4H3,(H,21,22)/t13-/m0/s1. The molecule has 2 rings (SSSR count). The van der Waals surface area contributed by atoms with Crippen molar-refractivity contribution in [1.82, 2.24) is 5.32 Å². The van der Waals surface area contributed by atoms with Crippen molar-refractivity contribution in [2.75, 3.05) is 0 Å². The van der Waals surface area contributed by atoms with Crippen LogP contribution in [0.25, 0.3) is 0 Å². The van der Waals surface area contributed by atoms with Crippen molar-refractivity contribution in [3.63, 3.8) is 0 Å². The predicted octanol–water partition coefficient (Wildman–Crippen LogP) is 5.13. The average molecular weight is 316 g/mol. The first-order valence-electron chi connectivity index (χ1n) is 7.44. The van der Waals surface area contributed by atoms with Crippen LogP contribution < -0.4 is 5.32 Å². The van der Waals surface area contributed by atoms with Crippen molar-refractivity contribution in [2.45, 2.75) is 39.2 Å². The van der Waals surface area contributed by atoms with Crippen LogP contribution in [-0.4, -0.2) is 5.91 Å². The molecule has 1 amide bonds. The van der Waals surface area contributed by atoms with Crippen LogP contribution in [0.4, 0.5) is 0 Å². The minimum Gasteiger partial charge on any atom is -0.346 e. The van der Waals surface area contributed by atoms with Gasteiger partial charge in [0, 0.05) is 10.6 Å². The van der Waals surface area contributed by atoms with Crippen LogP contribution in [0.2, 0.25) is 5.02 Å².